The van der Waals surface area contributed by atoms with Gasteiger partial charge in [0.25, 0.3) is 0 Å². The number of rotatable bonds is 6. The summed E-state index contributed by atoms with van der Waals surface area (Å²) in [6.07, 6.45) is 0.601. The number of H-pyrrole nitrogens is 1. The van der Waals surface area contributed by atoms with Gasteiger partial charge in [-0.1, -0.05) is 37.2 Å². The van der Waals surface area contributed by atoms with Crippen molar-refractivity contribution in [2.24, 2.45) is 0 Å². The number of nitrogens with zero attached hydrogens (tertiary/aromatic N) is 2. The lowest BCUT2D eigenvalue weighted by Gasteiger charge is -2.30. The summed E-state index contributed by atoms with van der Waals surface area (Å²) >= 11 is 8.17. The van der Waals surface area contributed by atoms with Gasteiger partial charge in [0, 0.05) is 37.8 Å². The average molecular weight is 411 g/mol. The highest BCUT2D eigenvalue weighted by atomic mass is 35.5. The van der Waals surface area contributed by atoms with Gasteiger partial charge in [-0.2, -0.15) is 0 Å². The Morgan fingerprint density at radius 1 is 1.41 bits per heavy atom. The molecule has 3 rings (SSSR count). The van der Waals surface area contributed by atoms with E-state index in [0.717, 1.165) is 59.5 Å². The highest BCUT2D eigenvalue weighted by molar-refractivity contribution is 8.00. The number of carbonyl (C=O) groups is 1. The fourth-order valence-corrected chi connectivity index (χ4v) is 4.94. The predicted molar refractivity (Wildman–Crippen MR) is 112 cm³/mol. The number of ether oxygens (including phenoxy) is 1. The van der Waals surface area contributed by atoms with Crippen LogP contribution in [0, 0.1) is 0 Å². The van der Waals surface area contributed by atoms with E-state index in [1.54, 1.807) is 11.8 Å². The Labute approximate surface area is 169 Å². The van der Waals surface area contributed by atoms with Gasteiger partial charge in [0.1, 0.15) is 6.10 Å². The zero-order valence-corrected chi connectivity index (χ0v) is 17.8. The molecule has 148 valence electrons. The van der Waals surface area contributed by atoms with Crippen LogP contribution in [-0.2, 0) is 9.53 Å². The summed E-state index contributed by atoms with van der Waals surface area (Å²) in [4.78, 5) is 21.6. The molecule has 1 saturated heterocycles. The van der Waals surface area contributed by atoms with Crippen LogP contribution in [0.2, 0.25) is 5.02 Å². The summed E-state index contributed by atoms with van der Waals surface area (Å²) in [5, 5.41) is 4.94. The molecule has 0 spiro atoms. The summed E-state index contributed by atoms with van der Waals surface area (Å²) in [6.45, 7) is 11.4. The average Bonchev–Trinajstić information content (AvgIpc) is 2.93. The van der Waals surface area contributed by atoms with E-state index in [9.17, 15) is 4.79 Å². The van der Waals surface area contributed by atoms with Crippen molar-refractivity contribution in [2.75, 3.05) is 31.1 Å². The van der Waals surface area contributed by atoms with Crippen LogP contribution in [-0.4, -0.2) is 53.0 Å². The summed E-state index contributed by atoms with van der Waals surface area (Å²) in [5.41, 5.74) is 2.90. The Morgan fingerprint density at radius 3 is 2.78 bits per heavy atom. The van der Waals surface area contributed by atoms with Crippen LogP contribution in [0.5, 0.6) is 0 Å². The number of anilines is 1. The van der Waals surface area contributed by atoms with E-state index in [-0.39, 0.29) is 16.8 Å². The largest absolute Gasteiger partial charge is 0.463 e. The third-order valence-electron chi connectivity index (χ3n) is 4.51. The summed E-state index contributed by atoms with van der Waals surface area (Å²) in [5.74, 6) is -0.248. The molecule has 1 aromatic heterocycles. The summed E-state index contributed by atoms with van der Waals surface area (Å²) in [6, 6.07) is 4.03. The van der Waals surface area contributed by atoms with E-state index in [4.69, 9.17) is 21.3 Å². The van der Waals surface area contributed by atoms with Crippen LogP contribution in [0.1, 0.15) is 34.1 Å². The zero-order valence-electron chi connectivity index (χ0n) is 16.3. The minimum absolute atomic E-state index is 0.131. The maximum atomic E-state index is 11.1. The quantitative estimate of drug-likeness (QED) is 0.557. The third kappa shape index (κ3) is 5.30. The number of halogens is 1. The fraction of sp³-hybridized carbons (Fsp3) is 0.579. The number of piperazine rings is 1. The third-order valence-corrected chi connectivity index (χ3v) is 5.91. The van der Waals surface area contributed by atoms with Crippen LogP contribution in [0.3, 0.4) is 0 Å². The van der Waals surface area contributed by atoms with Crippen molar-refractivity contribution in [3.05, 3.63) is 17.2 Å². The van der Waals surface area contributed by atoms with Crippen molar-refractivity contribution in [2.45, 2.75) is 50.1 Å². The van der Waals surface area contributed by atoms with E-state index in [1.165, 1.54) is 6.92 Å². The van der Waals surface area contributed by atoms with Gasteiger partial charge in [0.05, 0.1) is 21.7 Å². The smallest absolute Gasteiger partial charge is 0.302 e. The second kappa shape index (κ2) is 8.29. The van der Waals surface area contributed by atoms with E-state index >= 15 is 0 Å². The SMILES string of the molecule is CC(=O)OC(C)CC(C)(C)Sc1nc2cc(Cl)c(N3CCNCC3)cc2[nH]1. The monoisotopic (exact) mass is 410 g/mol. The fourth-order valence-electron chi connectivity index (χ4n) is 3.51. The van der Waals surface area contributed by atoms with Crippen LogP contribution in [0.15, 0.2) is 17.3 Å². The molecule has 2 N–H and O–H groups in total. The van der Waals surface area contributed by atoms with Crippen molar-refractivity contribution in [3.63, 3.8) is 0 Å². The van der Waals surface area contributed by atoms with Crippen LogP contribution in [0.4, 0.5) is 5.69 Å². The number of aromatic nitrogens is 2. The lowest BCUT2D eigenvalue weighted by atomic mass is 10.1. The highest BCUT2D eigenvalue weighted by Crippen LogP contribution is 2.37. The second-order valence-electron chi connectivity index (χ2n) is 7.59. The van der Waals surface area contributed by atoms with Gasteiger partial charge >= 0.3 is 5.97 Å². The standard InChI is InChI=1S/C19H27ClN4O2S/c1-12(26-13(2)25)11-19(3,4)27-18-22-15-9-14(20)17(10-16(15)23-18)24-7-5-21-6-8-24/h9-10,12,21H,5-8,11H2,1-4H3,(H,22,23). The molecule has 0 saturated carbocycles. The number of fused-ring (bicyclic) bond motifs is 1. The molecule has 2 aromatic rings. The maximum Gasteiger partial charge on any atom is 0.302 e. The molecule has 1 aliphatic heterocycles. The van der Waals surface area contributed by atoms with Gasteiger partial charge in [0.15, 0.2) is 5.16 Å². The first-order valence-electron chi connectivity index (χ1n) is 9.25. The number of hydrogen-bond donors (Lipinski definition) is 2. The Balaban J connectivity index is 1.76. The number of hydrogen-bond acceptors (Lipinski definition) is 6. The van der Waals surface area contributed by atoms with Gasteiger partial charge in [-0.15, -0.1) is 0 Å². The molecule has 27 heavy (non-hydrogen) atoms. The van der Waals surface area contributed by atoms with Gasteiger partial charge in [-0.05, 0) is 25.5 Å². The molecule has 1 atom stereocenters. The number of imidazole rings is 1. The molecule has 8 heteroatoms. The van der Waals surface area contributed by atoms with Gasteiger partial charge < -0.3 is 19.9 Å². The molecule has 1 unspecified atom stereocenters. The van der Waals surface area contributed by atoms with Gasteiger partial charge in [0.2, 0.25) is 0 Å². The Morgan fingerprint density at radius 2 is 2.11 bits per heavy atom. The number of carbonyl (C=O) groups excluding carboxylic acids is 1. The molecule has 1 fully saturated rings. The first-order valence-corrected chi connectivity index (χ1v) is 10.4. The van der Waals surface area contributed by atoms with Crippen LogP contribution < -0.4 is 10.2 Å². The van der Waals surface area contributed by atoms with E-state index in [0.29, 0.717) is 0 Å². The van der Waals surface area contributed by atoms with Crippen molar-refractivity contribution < 1.29 is 9.53 Å². The van der Waals surface area contributed by atoms with Crippen molar-refractivity contribution in [1.82, 2.24) is 15.3 Å². The second-order valence-corrected chi connectivity index (χ2v) is 9.69. The molecule has 1 aromatic carbocycles. The van der Waals surface area contributed by atoms with Gasteiger partial charge in [-0.25, -0.2) is 4.98 Å². The molecule has 0 bridgehead atoms. The zero-order chi connectivity index (χ0) is 19.6. The van der Waals surface area contributed by atoms with E-state index in [1.807, 2.05) is 13.0 Å². The number of esters is 1. The minimum Gasteiger partial charge on any atom is -0.463 e. The first kappa shape index (κ1) is 20.3. The lowest BCUT2D eigenvalue weighted by molar-refractivity contribution is -0.145. The van der Waals surface area contributed by atoms with Crippen molar-refractivity contribution in [1.29, 1.82) is 0 Å². The van der Waals surface area contributed by atoms with E-state index in [2.05, 4.69) is 35.1 Å². The summed E-state index contributed by atoms with van der Waals surface area (Å²) < 4.78 is 5.14. The van der Waals surface area contributed by atoms with Crippen molar-refractivity contribution in [3.8, 4) is 0 Å². The number of benzene rings is 1. The summed E-state index contributed by atoms with van der Waals surface area (Å²) in [7, 11) is 0. The molecular weight excluding hydrogens is 384 g/mol. The maximum absolute atomic E-state index is 11.1. The lowest BCUT2D eigenvalue weighted by Crippen LogP contribution is -2.43. The Hall–Kier alpha value is -1.44. The highest BCUT2D eigenvalue weighted by Gasteiger charge is 2.26. The normalized spacial score (nSPS) is 16.6. The molecule has 0 amide bonds. The van der Waals surface area contributed by atoms with Crippen LogP contribution >= 0.6 is 23.4 Å². The number of thioether (sulfide) groups is 1. The Bertz CT molecular complexity index is 817. The molecule has 1 aliphatic rings. The minimum atomic E-state index is -0.248. The first-order chi connectivity index (χ1) is 12.7. The predicted octanol–water partition coefficient (Wildman–Crippen LogP) is 3.84. The van der Waals surface area contributed by atoms with Gasteiger partial charge in [-0.3, -0.25) is 4.79 Å². The number of nitrogens with one attached hydrogen (secondary N) is 2. The van der Waals surface area contributed by atoms with Crippen LogP contribution in [0.25, 0.3) is 11.0 Å². The molecule has 2 heterocycles. The molecule has 0 radical (unpaired) electrons. The molecular formula is C19H27ClN4O2S. The Kier molecular flexibility index (Phi) is 6.23. The topological polar surface area (TPSA) is 70.2 Å². The molecule has 0 aliphatic carbocycles. The van der Waals surface area contributed by atoms with E-state index < -0.39 is 0 Å². The molecule has 6 nitrogen and oxygen atoms in total. The number of aromatic amines is 1. The van der Waals surface area contributed by atoms with Crippen molar-refractivity contribution >= 4 is 46.1 Å².